The number of pyridine rings is 2. The van der Waals surface area contributed by atoms with Gasteiger partial charge in [-0.25, -0.2) is 12.8 Å². The lowest BCUT2D eigenvalue weighted by molar-refractivity contribution is 0.456. The van der Waals surface area contributed by atoms with Gasteiger partial charge in [-0.2, -0.15) is 9.37 Å². The summed E-state index contributed by atoms with van der Waals surface area (Å²) in [7, 11) is -3.94. The average Bonchev–Trinajstić information content (AvgIpc) is 2.67. The molecule has 28 heavy (non-hydrogen) atoms. The molecule has 1 atom stereocenters. The van der Waals surface area contributed by atoms with Crippen molar-refractivity contribution >= 4 is 21.3 Å². The molecule has 2 aromatic rings. The molecule has 2 aromatic heterocycles. The number of piperidine rings is 1. The summed E-state index contributed by atoms with van der Waals surface area (Å²) in [6.45, 7) is 2.75. The van der Waals surface area contributed by atoms with E-state index in [9.17, 15) is 8.42 Å². The predicted octanol–water partition coefficient (Wildman–Crippen LogP) is 2.93. The molecule has 0 amide bonds. The lowest BCUT2D eigenvalue weighted by Gasteiger charge is -2.36. The fraction of sp³-hybridized carbons (Fsp3) is 0.474. The minimum absolute atomic E-state index is 0.0222. The van der Waals surface area contributed by atoms with Gasteiger partial charge in [0.25, 0.3) is 0 Å². The molecule has 2 aliphatic rings. The summed E-state index contributed by atoms with van der Waals surface area (Å²) in [5.41, 5.74) is 0.502. The van der Waals surface area contributed by atoms with E-state index in [0.29, 0.717) is 6.54 Å². The Balaban J connectivity index is 1.82. The van der Waals surface area contributed by atoms with Crippen LogP contribution in [0.4, 0.5) is 20.3 Å². The molecule has 1 saturated heterocycles. The summed E-state index contributed by atoms with van der Waals surface area (Å²) in [5, 5.41) is 0. The van der Waals surface area contributed by atoms with Crippen LogP contribution in [0.3, 0.4) is 0 Å². The zero-order valence-corrected chi connectivity index (χ0v) is 16.4. The van der Waals surface area contributed by atoms with Crippen molar-refractivity contribution in [1.82, 2.24) is 9.97 Å². The number of rotatable bonds is 3. The van der Waals surface area contributed by atoms with Crippen LogP contribution in [0.2, 0.25) is 0 Å². The molecule has 9 heteroatoms. The molecule has 0 aromatic carbocycles. The number of fused-ring (bicyclic) bond motifs is 1. The zero-order chi connectivity index (χ0) is 19.9. The van der Waals surface area contributed by atoms with Gasteiger partial charge in [-0.15, -0.1) is 0 Å². The van der Waals surface area contributed by atoms with Gasteiger partial charge in [0.15, 0.2) is 21.5 Å². The molecular formula is C19H22F2N4O2S. The highest BCUT2D eigenvalue weighted by molar-refractivity contribution is 7.91. The van der Waals surface area contributed by atoms with Crippen molar-refractivity contribution in [3.05, 3.63) is 41.9 Å². The molecule has 0 N–H and O–H groups in total. The topological polar surface area (TPSA) is 66.4 Å². The number of sulfone groups is 1. The normalized spacial score (nSPS) is 21.5. The largest absolute Gasteiger partial charge is 0.361 e. The van der Waals surface area contributed by atoms with Crippen LogP contribution in [-0.2, 0) is 16.4 Å². The van der Waals surface area contributed by atoms with E-state index in [0.717, 1.165) is 24.8 Å². The summed E-state index contributed by atoms with van der Waals surface area (Å²) in [5.74, 6) is -2.36. The van der Waals surface area contributed by atoms with E-state index in [-0.39, 0.29) is 36.4 Å². The maximum atomic E-state index is 15.4. The molecule has 150 valence electrons. The predicted molar refractivity (Wildman–Crippen MR) is 102 cm³/mol. The SMILES string of the molecule is CC1CCCCN1c1nc(F)c2c(c1F)S(=O)(=O)CCN2Cc1cccnc1. The summed E-state index contributed by atoms with van der Waals surface area (Å²) in [4.78, 5) is 10.5. The van der Waals surface area contributed by atoms with Crippen LogP contribution in [-0.4, -0.2) is 43.3 Å². The lowest BCUT2D eigenvalue weighted by atomic mass is 10.0. The quantitative estimate of drug-likeness (QED) is 0.728. The first kappa shape index (κ1) is 19.0. The smallest absolute Gasteiger partial charge is 0.239 e. The van der Waals surface area contributed by atoms with Gasteiger partial charge in [-0.1, -0.05) is 6.07 Å². The summed E-state index contributed by atoms with van der Waals surface area (Å²) >= 11 is 0. The van der Waals surface area contributed by atoms with Gasteiger partial charge in [0, 0.05) is 38.1 Å². The van der Waals surface area contributed by atoms with Gasteiger partial charge in [-0.3, -0.25) is 4.98 Å². The van der Waals surface area contributed by atoms with Gasteiger partial charge in [0.2, 0.25) is 5.95 Å². The molecule has 0 saturated carbocycles. The minimum Gasteiger partial charge on any atom is -0.361 e. The van der Waals surface area contributed by atoms with Gasteiger partial charge in [0.1, 0.15) is 10.6 Å². The molecule has 0 aliphatic carbocycles. The third-order valence-electron chi connectivity index (χ3n) is 5.44. The third-order valence-corrected chi connectivity index (χ3v) is 7.15. The van der Waals surface area contributed by atoms with Crippen LogP contribution in [0.1, 0.15) is 31.7 Å². The number of anilines is 2. The van der Waals surface area contributed by atoms with E-state index in [4.69, 9.17) is 0 Å². The second-order valence-electron chi connectivity index (χ2n) is 7.36. The number of aromatic nitrogens is 2. The van der Waals surface area contributed by atoms with Crippen molar-refractivity contribution in [1.29, 1.82) is 0 Å². The Kier molecular flexibility index (Phi) is 4.95. The maximum absolute atomic E-state index is 15.4. The highest BCUT2D eigenvalue weighted by Crippen LogP contribution is 2.39. The number of hydrogen-bond acceptors (Lipinski definition) is 6. The zero-order valence-electron chi connectivity index (χ0n) is 15.6. The van der Waals surface area contributed by atoms with Crippen molar-refractivity contribution in [2.24, 2.45) is 0 Å². The van der Waals surface area contributed by atoms with Gasteiger partial charge in [-0.05, 0) is 37.8 Å². The maximum Gasteiger partial charge on any atom is 0.239 e. The molecule has 0 radical (unpaired) electrons. The Hall–Kier alpha value is -2.29. The second kappa shape index (κ2) is 7.27. The van der Waals surface area contributed by atoms with Gasteiger partial charge >= 0.3 is 0 Å². The molecule has 2 aliphatic heterocycles. The lowest BCUT2D eigenvalue weighted by Crippen LogP contribution is -2.41. The first-order valence-corrected chi connectivity index (χ1v) is 11.1. The van der Waals surface area contributed by atoms with E-state index in [1.807, 2.05) is 6.92 Å². The van der Waals surface area contributed by atoms with Crippen molar-refractivity contribution in [2.45, 2.75) is 43.7 Å². The molecule has 0 spiro atoms. The number of hydrogen-bond donors (Lipinski definition) is 0. The summed E-state index contributed by atoms with van der Waals surface area (Å²) < 4.78 is 55.8. The van der Waals surface area contributed by atoms with Crippen LogP contribution in [0.15, 0.2) is 29.4 Å². The molecule has 0 bridgehead atoms. The Morgan fingerprint density at radius 3 is 2.79 bits per heavy atom. The summed E-state index contributed by atoms with van der Waals surface area (Å²) in [6.07, 6.45) is 5.91. The van der Waals surface area contributed by atoms with E-state index < -0.39 is 26.5 Å². The summed E-state index contributed by atoms with van der Waals surface area (Å²) in [6, 6.07) is 3.53. The second-order valence-corrected chi connectivity index (χ2v) is 9.40. The van der Waals surface area contributed by atoms with Gasteiger partial charge < -0.3 is 9.80 Å². The van der Waals surface area contributed by atoms with E-state index >= 15 is 8.78 Å². The van der Waals surface area contributed by atoms with E-state index in [2.05, 4.69) is 9.97 Å². The van der Waals surface area contributed by atoms with Crippen molar-refractivity contribution < 1.29 is 17.2 Å². The molecule has 4 rings (SSSR count). The molecule has 1 unspecified atom stereocenters. The first-order valence-electron chi connectivity index (χ1n) is 9.40. The molecular weight excluding hydrogens is 386 g/mol. The minimum atomic E-state index is -3.94. The Bertz CT molecular complexity index is 985. The van der Waals surface area contributed by atoms with Crippen LogP contribution in [0, 0.1) is 11.8 Å². The van der Waals surface area contributed by atoms with Crippen molar-refractivity contribution in [2.75, 3.05) is 28.6 Å². The van der Waals surface area contributed by atoms with Crippen molar-refractivity contribution in [3.63, 3.8) is 0 Å². The average molecular weight is 408 g/mol. The Morgan fingerprint density at radius 1 is 1.25 bits per heavy atom. The molecule has 4 heterocycles. The highest BCUT2D eigenvalue weighted by atomic mass is 32.2. The van der Waals surface area contributed by atoms with Gasteiger partial charge in [0.05, 0.1) is 5.75 Å². The molecule has 6 nitrogen and oxygen atoms in total. The Morgan fingerprint density at radius 2 is 2.07 bits per heavy atom. The van der Waals surface area contributed by atoms with Crippen LogP contribution < -0.4 is 9.80 Å². The number of nitrogens with zero attached hydrogens (tertiary/aromatic N) is 4. The monoisotopic (exact) mass is 408 g/mol. The molecule has 1 fully saturated rings. The first-order chi connectivity index (χ1) is 13.4. The highest BCUT2D eigenvalue weighted by Gasteiger charge is 2.38. The fourth-order valence-corrected chi connectivity index (χ4v) is 5.51. The van der Waals surface area contributed by atoms with Crippen LogP contribution >= 0.6 is 0 Å². The standard InChI is InChI=1S/C19H22F2N4O2S/c1-13-5-2-3-8-25(13)19-15(20)17-16(18(21)23-19)24(9-10-28(17,26)27)12-14-6-4-7-22-11-14/h4,6-7,11,13H,2-3,5,8-10,12H2,1H3. The van der Waals surface area contributed by atoms with Crippen LogP contribution in [0.5, 0.6) is 0 Å². The fourth-order valence-electron chi connectivity index (χ4n) is 3.97. The number of halogens is 2. The van der Waals surface area contributed by atoms with Crippen molar-refractivity contribution in [3.8, 4) is 0 Å². The van der Waals surface area contributed by atoms with Crippen LogP contribution in [0.25, 0.3) is 0 Å². The third kappa shape index (κ3) is 3.32. The van der Waals surface area contributed by atoms with E-state index in [1.165, 1.54) is 4.90 Å². The van der Waals surface area contributed by atoms with E-state index in [1.54, 1.807) is 29.4 Å². The Labute approximate surface area is 163 Å².